The van der Waals surface area contributed by atoms with Crippen molar-refractivity contribution in [3.05, 3.63) is 59.7 Å². The predicted molar refractivity (Wildman–Crippen MR) is 126 cm³/mol. The molecule has 7 nitrogen and oxygen atoms in total. The van der Waals surface area contributed by atoms with Crippen LogP contribution in [0.15, 0.2) is 48.5 Å². The molecule has 0 saturated carbocycles. The van der Waals surface area contributed by atoms with E-state index in [1.807, 2.05) is 50.2 Å². The van der Waals surface area contributed by atoms with Gasteiger partial charge in [0.1, 0.15) is 18.7 Å². The molecule has 2 amide bonds. The average molecular weight is 453 g/mol. The van der Waals surface area contributed by atoms with Gasteiger partial charge in [-0.1, -0.05) is 75.7 Å². The van der Waals surface area contributed by atoms with E-state index < -0.39 is 30.1 Å². The van der Waals surface area contributed by atoms with Crippen molar-refractivity contribution in [3.8, 4) is 11.1 Å². The number of hydrogen-bond donors (Lipinski definition) is 3. The molecule has 0 aliphatic heterocycles. The number of rotatable bonds is 10. The second kappa shape index (κ2) is 11.0. The van der Waals surface area contributed by atoms with E-state index in [0.717, 1.165) is 28.7 Å². The van der Waals surface area contributed by atoms with E-state index >= 15 is 0 Å². The van der Waals surface area contributed by atoms with Crippen LogP contribution < -0.4 is 10.6 Å². The smallest absolute Gasteiger partial charge is 0.407 e. The number of carboxylic acid groups (broad SMARTS) is 1. The van der Waals surface area contributed by atoms with Gasteiger partial charge < -0.3 is 20.5 Å². The molecule has 7 heteroatoms. The number of carbonyl (C=O) groups is 3. The third-order valence-corrected chi connectivity index (χ3v) is 6.31. The highest BCUT2D eigenvalue weighted by atomic mass is 16.5. The lowest BCUT2D eigenvalue weighted by Gasteiger charge is -2.22. The first kappa shape index (κ1) is 24.3. The number of fused-ring (bicyclic) bond motifs is 3. The maximum atomic E-state index is 12.6. The van der Waals surface area contributed by atoms with Crippen LogP contribution >= 0.6 is 0 Å². The van der Waals surface area contributed by atoms with Crippen LogP contribution in [0.25, 0.3) is 11.1 Å². The summed E-state index contributed by atoms with van der Waals surface area (Å²) in [6.45, 7) is 5.80. The van der Waals surface area contributed by atoms with E-state index in [1.54, 1.807) is 6.92 Å². The molecule has 0 saturated heterocycles. The summed E-state index contributed by atoms with van der Waals surface area (Å²) < 4.78 is 5.51. The molecule has 3 atom stereocenters. The minimum absolute atomic E-state index is 0.0797. The van der Waals surface area contributed by atoms with Crippen LogP contribution in [0.1, 0.15) is 57.1 Å². The summed E-state index contributed by atoms with van der Waals surface area (Å²) in [6.07, 6.45) is 0.757. The first-order chi connectivity index (χ1) is 15.8. The lowest BCUT2D eigenvalue weighted by atomic mass is 9.98. The Balaban J connectivity index is 1.60. The summed E-state index contributed by atoms with van der Waals surface area (Å²) in [5, 5.41) is 14.6. The molecule has 0 spiro atoms. The molecule has 2 aromatic carbocycles. The second-order valence-electron chi connectivity index (χ2n) is 8.58. The quantitative estimate of drug-likeness (QED) is 0.498. The zero-order valence-corrected chi connectivity index (χ0v) is 19.3. The highest BCUT2D eigenvalue weighted by Gasteiger charge is 2.30. The fourth-order valence-corrected chi connectivity index (χ4v) is 4.20. The Hall–Kier alpha value is -3.35. The third kappa shape index (κ3) is 5.72. The monoisotopic (exact) mass is 452 g/mol. The van der Waals surface area contributed by atoms with Gasteiger partial charge in [0, 0.05) is 5.92 Å². The molecular weight excluding hydrogens is 420 g/mol. The van der Waals surface area contributed by atoms with E-state index in [9.17, 15) is 19.5 Å². The molecule has 33 heavy (non-hydrogen) atoms. The molecule has 1 aliphatic carbocycles. The summed E-state index contributed by atoms with van der Waals surface area (Å²) >= 11 is 0. The fraction of sp³-hybridized carbons (Fsp3) is 0.423. The van der Waals surface area contributed by atoms with E-state index in [4.69, 9.17) is 4.74 Å². The molecule has 0 radical (unpaired) electrons. The van der Waals surface area contributed by atoms with Gasteiger partial charge in [-0.15, -0.1) is 0 Å². The lowest BCUT2D eigenvalue weighted by molar-refractivity contribution is -0.142. The van der Waals surface area contributed by atoms with Crippen molar-refractivity contribution in [3.63, 3.8) is 0 Å². The Morgan fingerprint density at radius 3 is 2.00 bits per heavy atom. The van der Waals surface area contributed by atoms with E-state index in [0.29, 0.717) is 12.8 Å². The third-order valence-electron chi connectivity index (χ3n) is 6.31. The van der Waals surface area contributed by atoms with Crippen molar-refractivity contribution < 1.29 is 24.2 Å². The maximum Gasteiger partial charge on any atom is 0.407 e. The molecule has 1 aliphatic rings. The SMILES string of the molecule is CCC(C)CC(NC(=O)[C@@H](CC)NC(=O)OCC1c2ccccc2-c2ccccc21)C(=O)O. The first-order valence-electron chi connectivity index (χ1n) is 11.5. The Labute approximate surface area is 194 Å². The van der Waals surface area contributed by atoms with Gasteiger partial charge in [0.25, 0.3) is 0 Å². The maximum absolute atomic E-state index is 12.6. The number of nitrogens with one attached hydrogen (secondary N) is 2. The highest BCUT2D eigenvalue weighted by molar-refractivity contribution is 5.89. The summed E-state index contributed by atoms with van der Waals surface area (Å²) in [6, 6.07) is 14.2. The summed E-state index contributed by atoms with van der Waals surface area (Å²) in [5.41, 5.74) is 4.47. The van der Waals surface area contributed by atoms with Crippen molar-refractivity contribution in [1.82, 2.24) is 10.6 Å². The Kier molecular flexibility index (Phi) is 8.09. The van der Waals surface area contributed by atoms with Crippen LogP contribution in [-0.2, 0) is 14.3 Å². The number of ether oxygens (including phenoxy) is 1. The van der Waals surface area contributed by atoms with E-state index in [1.165, 1.54) is 0 Å². The zero-order valence-electron chi connectivity index (χ0n) is 19.3. The van der Waals surface area contributed by atoms with Gasteiger partial charge in [0.2, 0.25) is 5.91 Å². The van der Waals surface area contributed by atoms with E-state index in [2.05, 4.69) is 22.8 Å². The highest BCUT2D eigenvalue weighted by Crippen LogP contribution is 2.44. The lowest BCUT2D eigenvalue weighted by Crippen LogP contribution is -2.51. The van der Waals surface area contributed by atoms with Gasteiger partial charge in [-0.25, -0.2) is 9.59 Å². The second-order valence-corrected chi connectivity index (χ2v) is 8.58. The predicted octanol–water partition coefficient (Wildman–Crippen LogP) is 4.31. The summed E-state index contributed by atoms with van der Waals surface area (Å²) in [4.78, 5) is 36.7. The summed E-state index contributed by atoms with van der Waals surface area (Å²) in [5.74, 6) is -1.54. The van der Waals surface area contributed by atoms with Gasteiger partial charge in [0.15, 0.2) is 0 Å². The molecule has 176 valence electrons. The Bertz CT molecular complexity index is 960. The normalized spacial score (nSPS) is 15.0. The molecule has 0 aromatic heterocycles. The van der Waals surface area contributed by atoms with Crippen molar-refractivity contribution >= 4 is 18.0 Å². The topological polar surface area (TPSA) is 105 Å². The molecule has 3 N–H and O–H groups in total. The zero-order chi connectivity index (χ0) is 24.0. The minimum atomic E-state index is -1.08. The number of carbonyl (C=O) groups excluding carboxylic acids is 2. The van der Waals surface area contributed by atoms with Crippen molar-refractivity contribution in [2.45, 2.75) is 58.0 Å². The van der Waals surface area contributed by atoms with Crippen LogP contribution in [0.5, 0.6) is 0 Å². The largest absolute Gasteiger partial charge is 0.480 e. The molecule has 0 heterocycles. The van der Waals surface area contributed by atoms with Crippen LogP contribution in [0.4, 0.5) is 4.79 Å². The van der Waals surface area contributed by atoms with Crippen molar-refractivity contribution in [1.29, 1.82) is 0 Å². The number of alkyl carbamates (subject to hydrolysis) is 1. The van der Waals surface area contributed by atoms with Gasteiger partial charge in [0.05, 0.1) is 0 Å². The Morgan fingerprint density at radius 2 is 1.48 bits per heavy atom. The molecule has 2 unspecified atom stereocenters. The van der Waals surface area contributed by atoms with Gasteiger partial charge in [-0.2, -0.15) is 0 Å². The van der Waals surface area contributed by atoms with Crippen LogP contribution in [0, 0.1) is 5.92 Å². The van der Waals surface area contributed by atoms with Crippen molar-refractivity contribution in [2.24, 2.45) is 5.92 Å². The standard InChI is InChI=1S/C26H32N2O5/c1-4-16(3)14-23(25(30)31)27-24(29)22(5-2)28-26(32)33-15-21-19-12-8-6-10-17(19)18-11-7-9-13-20(18)21/h6-13,16,21-23H,4-5,14-15H2,1-3H3,(H,27,29)(H,28,32)(H,30,31)/t16?,22-,23?/m1/s1. The van der Waals surface area contributed by atoms with Gasteiger partial charge in [-0.3, -0.25) is 4.79 Å². The number of hydrogen-bond acceptors (Lipinski definition) is 4. The van der Waals surface area contributed by atoms with E-state index in [-0.39, 0.29) is 18.4 Å². The minimum Gasteiger partial charge on any atom is -0.480 e. The number of benzene rings is 2. The molecular formula is C26H32N2O5. The summed E-state index contributed by atoms with van der Waals surface area (Å²) in [7, 11) is 0. The first-order valence-corrected chi connectivity index (χ1v) is 11.5. The molecule has 0 bridgehead atoms. The van der Waals surface area contributed by atoms with Gasteiger partial charge >= 0.3 is 12.1 Å². The molecule has 0 fully saturated rings. The molecule has 2 aromatic rings. The molecule has 3 rings (SSSR count). The number of amides is 2. The Morgan fingerprint density at radius 1 is 0.909 bits per heavy atom. The van der Waals surface area contributed by atoms with Gasteiger partial charge in [-0.05, 0) is 41.0 Å². The number of aliphatic carboxylic acids is 1. The van der Waals surface area contributed by atoms with Crippen LogP contribution in [0.2, 0.25) is 0 Å². The fourth-order valence-electron chi connectivity index (χ4n) is 4.20. The van der Waals surface area contributed by atoms with Crippen LogP contribution in [0.3, 0.4) is 0 Å². The number of carboxylic acids is 1. The van der Waals surface area contributed by atoms with Crippen LogP contribution in [-0.4, -0.2) is 41.8 Å². The van der Waals surface area contributed by atoms with Crippen molar-refractivity contribution in [2.75, 3.05) is 6.61 Å². The average Bonchev–Trinajstić information content (AvgIpc) is 3.14.